The summed E-state index contributed by atoms with van der Waals surface area (Å²) < 4.78 is 33.5. The number of aryl methyl sites for hydroxylation is 1. The average molecular weight is 474 g/mol. The lowest BCUT2D eigenvalue weighted by molar-refractivity contribution is 0.0260. The van der Waals surface area contributed by atoms with E-state index in [2.05, 4.69) is 21.9 Å². The molecule has 1 saturated heterocycles. The van der Waals surface area contributed by atoms with Crippen LogP contribution in [0.15, 0.2) is 42.1 Å². The van der Waals surface area contributed by atoms with Crippen LogP contribution in [0.3, 0.4) is 0 Å². The predicted octanol–water partition coefficient (Wildman–Crippen LogP) is 3.80. The Morgan fingerprint density at radius 3 is 2.45 bits per heavy atom. The highest BCUT2D eigenvalue weighted by molar-refractivity contribution is 7.89. The second-order valence-corrected chi connectivity index (χ2v) is 10.8. The van der Waals surface area contributed by atoms with Crippen molar-refractivity contribution in [2.24, 2.45) is 0 Å². The van der Waals surface area contributed by atoms with Gasteiger partial charge in [-0.3, -0.25) is 0 Å². The first kappa shape index (κ1) is 24.7. The van der Waals surface area contributed by atoms with Gasteiger partial charge in [-0.2, -0.15) is 4.31 Å². The molecule has 2 aromatic rings. The van der Waals surface area contributed by atoms with Crippen LogP contribution in [0.1, 0.15) is 38.3 Å². The Kier molecular flexibility index (Phi) is 7.38. The van der Waals surface area contributed by atoms with Crippen LogP contribution in [0.25, 0.3) is 6.08 Å². The van der Waals surface area contributed by atoms with E-state index in [9.17, 15) is 13.2 Å². The number of rotatable bonds is 5. The Hall–Kier alpha value is -2.98. The maximum absolute atomic E-state index is 13.3. The number of nitrogens with one attached hydrogen (secondary N) is 1. The zero-order valence-corrected chi connectivity index (χ0v) is 20.4. The van der Waals surface area contributed by atoms with Crippen molar-refractivity contribution < 1.29 is 17.9 Å². The second kappa shape index (κ2) is 9.88. The lowest BCUT2D eigenvalue weighted by atomic mass is 10.2. The molecule has 0 aliphatic carbocycles. The van der Waals surface area contributed by atoms with Crippen molar-refractivity contribution in [1.82, 2.24) is 19.2 Å². The molecule has 0 unspecified atom stereocenters. The minimum atomic E-state index is -3.71. The zero-order chi connectivity index (χ0) is 24.2. The summed E-state index contributed by atoms with van der Waals surface area (Å²) in [6.07, 6.45) is 5.07. The molecule has 1 aromatic carbocycles. The fourth-order valence-corrected chi connectivity index (χ4v) is 5.11. The molecule has 1 aliphatic heterocycles. The topological polar surface area (TPSA) is 105 Å². The number of nitrogens with zero attached hydrogens (tertiary/aromatic N) is 4. The number of hydrogen-bond acceptors (Lipinski definition) is 7. The van der Waals surface area contributed by atoms with E-state index in [1.807, 2.05) is 20.8 Å². The van der Waals surface area contributed by atoms with Crippen LogP contribution in [0, 0.1) is 6.92 Å². The number of carbonyl (C=O) groups excluding carboxylic acids is 1. The van der Waals surface area contributed by atoms with Gasteiger partial charge in [-0.25, -0.2) is 23.2 Å². The number of sulfonamides is 1. The number of carbonyl (C=O) groups is 1. The number of ether oxygens (including phenoxy) is 1. The van der Waals surface area contributed by atoms with Crippen molar-refractivity contribution in [3.8, 4) is 0 Å². The van der Waals surface area contributed by atoms with Gasteiger partial charge in [-0.1, -0.05) is 12.7 Å². The van der Waals surface area contributed by atoms with E-state index in [4.69, 9.17) is 4.74 Å². The smallest absolute Gasteiger partial charge is 0.410 e. The van der Waals surface area contributed by atoms with Crippen LogP contribution in [-0.2, 0) is 14.8 Å². The molecule has 1 amide bonds. The van der Waals surface area contributed by atoms with Gasteiger partial charge in [0, 0.05) is 49.8 Å². The fraction of sp³-hybridized carbons (Fsp3) is 0.435. The summed E-state index contributed by atoms with van der Waals surface area (Å²) in [4.78, 5) is 22.6. The van der Waals surface area contributed by atoms with Gasteiger partial charge < -0.3 is 15.0 Å². The Balaban J connectivity index is 1.71. The first-order valence-corrected chi connectivity index (χ1v) is 12.2. The summed E-state index contributed by atoms with van der Waals surface area (Å²) in [6, 6.07) is 5.03. The number of amides is 1. The van der Waals surface area contributed by atoms with Crippen LogP contribution in [0.2, 0.25) is 0 Å². The lowest BCUT2D eigenvalue weighted by Gasteiger charge is -2.26. The molecule has 0 saturated carbocycles. The van der Waals surface area contributed by atoms with Crippen LogP contribution in [0.4, 0.5) is 16.4 Å². The van der Waals surface area contributed by atoms with Gasteiger partial charge in [0.1, 0.15) is 5.60 Å². The van der Waals surface area contributed by atoms with Crippen LogP contribution in [-0.4, -0.2) is 65.5 Å². The monoisotopic (exact) mass is 473 g/mol. The number of aromatic nitrogens is 2. The molecule has 0 atom stereocenters. The third-order valence-corrected chi connectivity index (χ3v) is 7.12. The minimum Gasteiger partial charge on any atom is -0.444 e. The van der Waals surface area contributed by atoms with Gasteiger partial charge in [-0.15, -0.1) is 0 Å². The zero-order valence-electron chi connectivity index (χ0n) is 19.5. The Morgan fingerprint density at radius 1 is 1.15 bits per heavy atom. The van der Waals surface area contributed by atoms with Crippen molar-refractivity contribution in [3.63, 3.8) is 0 Å². The summed E-state index contributed by atoms with van der Waals surface area (Å²) in [5.74, 6) is 0.408. The van der Waals surface area contributed by atoms with Gasteiger partial charge >= 0.3 is 6.09 Å². The van der Waals surface area contributed by atoms with E-state index in [-0.39, 0.29) is 18.0 Å². The Labute approximate surface area is 195 Å². The summed E-state index contributed by atoms with van der Waals surface area (Å²) in [7, 11) is -3.71. The molecule has 0 radical (unpaired) electrons. The van der Waals surface area contributed by atoms with E-state index in [1.54, 1.807) is 48.5 Å². The largest absolute Gasteiger partial charge is 0.444 e. The van der Waals surface area contributed by atoms with E-state index < -0.39 is 21.7 Å². The molecule has 0 bridgehead atoms. The third-order valence-electron chi connectivity index (χ3n) is 5.06. The number of hydrogen-bond donors (Lipinski definition) is 1. The maximum atomic E-state index is 13.3. The van der Waals surface area contributed by atoms with Gasteiger partial charge in [0.15, 0.2) is 0 Å². The van der Waals surface area contributed by atoms with Crippen molar-refractivity contribution >= 4 is 33.8 Å². The summed E-state index contributed by atoms with van der Waals surface area (Å²) >= 11 is 0. The summed E-state index contributed by atoms with van der Waals surface area (Å²) in [5, 5.41) is 3.08. The molecular weight excluding hydrogens is 442 g/mol. The quantitative estimate of drug-likeness (QED) is 0.704. The summed E-state index contributed by atoms with van der Waals surface area (Å²) in [5.41, 5.74) is 1.50. The SMILES string of the molecule is C=Cc1cnc(Nc2ccc(S(=O)(=O)N3CCCN(C(=O)OC(C)(C)C)CC3)c(C)c2)nc1. The lowest BCUT2D eigenvalue weighted by Crippen LogP contribution is -2.40. The Bertz CT molecular complexity index is 1110. The van der Waals surface area contributed by atoms with Gasteiger partial charge in [0.25, 0.3) is 0 Å². The molecule has 1 aliphatic rings. The maximum Gasteiger partial charge on any atom is 0.410 e. The van der Waals surface area contributed by atoms with Crippen LogP contribution in [0.5, 0.6) is 0 Å². The highest BCUT2D eigenvalue weighted by Gasteiger charge is 2.30. The van der Waals surface area contributed by atoms with Crippen LogP contribution >= 0.6 is 0 Å². The average Bonchev–Trinajstić information content (AvgIpc) is 3.00. The highest BCUT2D eigenvalue weighted by atomic mass is 32.2. The normalized spacial score (nSPS) is 15.6. The molecule has 9 nitrogen and oxygen atoms in total. The van der Waals surface area contributed by atoms with E-state index >= 15 is 0 Å². The summed E-state index contributed by atoms with van der Waals surface area (Å²) in [6.45, 7) is 12.1. The first-order chi connectivity index (χ1) is 15.5. The highest BCUT2D eigenvalue weighted by Crippen LogP contribution is 2.25. The molecule has 1 aromatic heterocycles. The Morgan fingerprint density at radius 2 is 1.85 bits per heavy atom. The predicted molar refractivity (Wildman–Crippen MR) is 128 cm³/mol. The molecule has 10 heteroatoms. The molecule has 2 heterocycles. The third kappa shape index (κ3) is 6.29. The molecular formula is C23H31N5O4S. The first-order valence-electron chi connectivity index (χ1n) is 10.8. The van der Waals surface area contributed by atoms with E-state index in [1.165, 1.54) is 4.31 Å². The van der Waals surface area contributed by atoms with E-state index in [0.717, 1.165) is 5.56 Å². The minimum absolute atomic E-state index is 0.213. The van der Waals surface area contributed by atoms with E-state index in [0.29, 0.717) is 36.7 Å². The van der Waals surface area contributed by atoms with Gasteiger partial charge in [0.05, 0.1) is 4.90 Å². The molecule has 33 heavy (non-hydrogen) atoms. The molecule has 178 valence electrons. The number of anilines is 2. The standard InChI is InChI=1S/C23H31N5O4S/c1-6-18-15-24-21(25-16-18)26-19-8-9-20(17(2)14-19)33(30,31)28-11-7-10-27(12-13-28)22(29)32-23(3,4)5/h6,8-9,14-16H,1,7,10-13H2,2-5H3,(H,24,25,26). The molecule has 3 rings (SSSR count). The van der Waals surface area contributed by atoms with Crippen molar-refractivity contribution in [2.45, 2.75) is 44.6 Å². The molecule has 0 spiro atoms. The fourth-order valence-electron chi connectivity index (χ4n) is 3.44. The second-order valence-electron chi connectivity index (χ2n) is 8.87. The number of benzene rings is 1. The van der Waals surface area contributed by atoms with Gasteiger partial charge in [-0.05, 0) is 57.9 Å². The molecule has 1 fully saturated rings. The van der Waals surface area contributed by atoms with Gasteiger partial charge in [0.2, 0.25) is 16.0 Å². The van der Waals surface area contributed by atoms with Crippen LogP contribution < -0.4 is 5.32 Å². The molecule has 1 N–H and O–H groups in total. The van der Waals surface area contributed by atoms with Crippen molar-refractivity contribution in [2.75, 3.05) is 31.5 Å². The van der Waals surface area contributed by atoms with Crippen molar-refractivity contribution in [1.29, 1.82) is 0 Å². The van der Waals surface area contributed by atoms with Crippen molar-refractivity contribution in [3.05, 3.63) is 48.3 Å².